The predicted octanol–water partition coefficient (Wildman–Crippen LogP) is 3.63. The normalized spacial score (nSPS) is 10.6. The Kier molecular flexibility index (Phi) is 4.30. The summed E-state index contributed by atoms with van der Waals surface area (Å²) >= 11 is 0. The third-order valence-corrected chi connectivity index (χ3v) is 4.06. The molecule has 26 heavy (non-hydrogen) atoms. The summed E-state index contributed by atoms with van der Waals surface area (Å²) in [4.78, 5) is 23.8. The number of fused-ring (bicyclic) bond motifs is 1. The number of hydrogen-bond acceptors (Lipinski definition) is 4. The number of rotatable bonds is 5. The topological polar surface area (TPSA) is 82.7 Å². The number of carbonyl (C=O) groups is 1. The van der Waals surface area contributed by atoms with Crippen molar-refractivity contribution in [2.45, 2.75) is 6.54 Å². The van der Waals surface area contributed by atoms with Crippen LogP contribution in [-0.2, 0) is 6.54 Å². The molecule has 0 fully saturated rings. The molecule has 0 radical (unpaired) electrons. The van der Waals surface area contributed by atoms with Gasteiger partial charge in [0.05, 0.1) is 5.39 Å². The van der Waals surface area contributed by atoms with Crippen LogP contribution in [-0.4, -0.2) is 20.9 Å². The van der Waals surface area contributed by atoms with Gasteiger partial charge in [0.25, 0.3) is 5.91 Å². The number of nitrogens with zero attached hydrogens (tertiary/aromatic N) is 2. The van der Waals surface area contributed by atoms with Crippen LogP contribution >= 0.6 is 0 Å². The molecule has 0 aliphatic heterocycles. The Balaban J connectivity index is 1.43. The highest BCUT2D eigenvalue weighted by molar-refractivity contribution is 5.95. The lowest BCUT2D eigenvalue weighted by molar-refractivity contribution is 0.0951. The molecule has 128 valence electrons. The van der Waals surface area contributed by atoms with Crippen LogP contribution in [0.15, 0.2) is 73.2 Å². The molecule has 0 saturated carbocycles. The quantitative estimate of drug-likeness (QED) is 0.517. The van der Waals surface area contributed by atoms with E-state index in [-0.39, 0.29) is 5.91 Å². The molecule has 1 amide bonds. The summed E-state index contributed by atoms with van der Waals surface area (Å²) in [6.45, 7) is 0.506. The lowest BCUT2D eigenvalue weighted by atomic mass is 10.1. The molecular weight excluding hydrogens is 326 g/mol. The zero-order valence-electron chi connectivity index (χ0n) is 13.9. The number of hydrogen-bond donors (Lipinski definition) is 3. The van der Waals surface area contributed by atoms with E-state index in [2.05, 4.69) is 25.6 Å². The maximum Gasteiger partial charge on any atom is 0.251 e. The highest BCUT2D eigenvalue weighted by Gasteiger charge is 2.07. The standard InChI is InChI=1S/C20H17N5O/c26-20(22-12-14-4-2-1-3-5-14)15-6-8-16(9-7-15)25-19-17-10-11-21-18(17)23-13-24-19/h1-11,13H,12H2,(H,22,26)(H2,21,23,24,25). The number of carbonyl (C=O) groups excluding carboxylic acids is 1. The fourth-order valence-corrected chi connectivity index (χ4v) is 2.69. The molecule has 0 saturated heterocycles. The maximum absolute atomic E-state index is 12.3. The van der Waals surface area contributed by atoms with E-state index in [0.29, 0.717) is 12.1 Å². The van der Waals surface area contributed by atoms with E-state index in [1.54, 1.807) is 12.1 Å². The molecule has 2 aromatic heterocycles. The van der Waals surface area contributed by atoms with E-state index in [4.69, 9.17) is 0 Å². The molecule has 2 aromatic carbocycles. The van der Waals surface area contributed by atoms with Crippen molar-refractivity contribution in [3.8, 4) is 0 Å². The van der Waals surface area contributed by atoms with E-state index >= 15 is 0 Å². The van der Waals surface area contributed by atoms with Crippen molar-refractivity contribution in [2.24, 2.45) is 0 Å². The molecule has 6 nitrogen and oxygen atoms in total. The molecular formula is C20H17N5O. The summed E-state index contributed by atoms with van der Waals surface area (Å²) in [5, 5.41) is 7.09. The van der Waals surface area contributed by atoms with Crippen LogP contribution in [0.5, 0.6) is 0 Å². The molecule has 0 aliphatic rings. The summed E-state index contributed by atoms with van der Waals surface area (Å²) < 4.78 is 0. The smallest absolute Gasteiger partial charge is 0.251 e. The van der Waals surface area contributed by atoms with Crippen LogP contribution in [0, 0.1) is 0 Å². The molecule has 0 unspecified atom stereocenters. The molecule has 4 rings (SSSR count). The summed E-state index contributed by atoms with van der Waals surface area (Å²) in [6, 6.07) is 19.0. The molecule has 0 aliphatic carbocycles. The molecule has 4 aromatic rings. The van der Waals surface area contributed by atoms with Crippen LogP contribution in [0.25, 0.3) is 11.0 Å². The number of anilines is 2. The fraction of sp³-hybridized carbons (Fsp3) is 0.0500. The highest BCUT2D eigenvalue weighted by Crippen LogP contribution is 2.22. The molecule has 0 atom stereocenters. The number of benzene rings is 2. The van der Waals surface area contributed by atoms with Gasteiger partial charge in [-0.2, -0.15) is 0 Å². The van der Waals surface area contributed by atoms with Crippen LogP contribution in [0.1, 0.15) is 15.9 Å². The molecule has 2 heterocycles. The van der Waals surface area contributed by atoms with Crippen LogP contribution in [0.2, 0.25) is 0 Å². The first-order valence-corrected chi connectivity index (χ1v) is 8.27. The van der Waals surface area contributed by atoms with Crippen LogP contribution < -0.4 is 10.6 Å². The van der Waals surface area contributed by atoms with E-state index < -0.39 is 0 Å². The highest BCUT2D eigenvalue weighted by atomic mass is 16.1. The summed E-state index contributed by atoms with van der Waals surface area (Å²) in [7, 11) is 0. The zero-order chi connectivity index (χ0) is 17.8. The average Bonchev–Trinajstić information content (AvgIpc) is 3.17. The molecule has 3 N–H and O–H groups in total. The SMILES string of the molecule is O=C(NCc1ccccc1)c1ccc(Nc2ncnc3[nH]ccc23)cc1. The number of H-pyrrole nitrogens is 1. The summed E-state index contributed by atoms with van der Waals surface area (Å²) in [6.07, 6.45) is 3.33. The second-order valence-electron chi connectivity index (χ2n) is 5.83. The zero-order valence-corrected chi connectivity index (χ0v) is 13.9. The maximum atomic E-state index is 12.3. The first-order chi connectivity index (χ1) is 12.8. The lowest BCUT2D eigenvalue weighted by Crippen LogP contribution is -2.22. The Morgan fingerprint density at radius 3 is 2.58 bits per heavy atom. The first-order valence-electron chi connectivity index (χ1n) is 8.27. The van der Waals surface area contributed by atoms with Crippen LogP contribution in [0.3, 0.4) is 0 Å². The van der Waals surface area contributed by atoms with Gasteiger partial charge in [-0.15, -0.1) is 0 Å². The van der Waals surface area contributed by atoms with Crippen molar-refractivity contribution >= 4 is 28.4 Å². The average molecular weight is 343 g/mol. The van der Waals surface area contributed by atoms with Gasteiger partial charge in [-0.05, 0) is 35.9 Å². The van der Waals surface area contributed by atoms with Crippen molar-refractivity contribution in [3.63, 3.8) is 0 Å². The number of aromatic amines is 1. The second kappa shape index (κ2) is 7.06. The van der Waals surface area contributed by atoms with Crippen molar-refractivity contribution in [1.82, 2.24) is 20.3 Å². The van der Waals surface area contributed by atoms with E-state index in [1.165, 1.54) is 6.33 Å². The van der Waals surface area contributed by atoms with Gasteiger partial charge in [-0.25, -0.2) is 9.97 Å². The lowest BCUT2D eigenvalue weighted by Gasteiger charge is -2.08. The van der Waals surface area contributed by atoms with Gasteiger partial charge >= 0.3 is 0 Å². The fourth-order valence-electron chi connectivity index (χ4n) is 2.69. The van der Waals surface area contributed by atoms with Crippen molar-refractivity contribution in [2.75, 3.05) is 5.32 Å². The minimum absolute atomic E-state index is 0.101. The predicted molar refractivity (Wildman–Crippen MR) is 101 cm³/mol. The summed E-state index contributed by atoms with van der Waals surface area (Å²) in [5.74, 6) is 0.619. The molecule has 6 heteroatoms. The molecule has 0 spiro atoms. The third-order valence-electron chi connectivity index (χ3n) is 4.06. The van der Waals surface area contributed by atoms with Gasteiger partial charge in [-0.3, -0.25) is 4.79 Å². The summed E-state index contributed by atoms with van der Waals surface area (Å²) in [5.41, 5.74) is 3.31. The first kappa shape index (κ1) is 15.8. The Morgan fingerprint density at radius 1 is 0.962 bits per heavy atom. The van der Waals surface area contributed by atoms with Crippen LogP contribution in [0.4, 0.5) is 11.5 Å². The van der Waals surface area contributed by atoms with Crippen molar-refractivity contribution in [3.05, 3.63) is 84.3 Å². The number of aromatic nitrogens is 3. The number of amides is 1. The van der Waals surface area contributed by atoms with Gasteiger partial charge in [0.15, 0.2) is 0 Å². The van der Waals surface area contributed by atoms with Crippen molar-refractivity contribution < 1.29 is 4.79 Å². The minimum Gasteiger partial charge on any atom is -0.348 e. The van der Waals surface area contributed by atoms with Gasteiger partial charge in [0.2, 0.25) is 0 Å². The minimum atomic E-state index is -0.101. The number of nitrogens with one attached hydrogen (secondary N) is 3. The van der Waals surface area contributed by atoms with E-state index in [0.717, 1.165) is 28.1 Å². The van der Waals surface area contributed by atoms with E-state index in [1.807, 2.05) is 54.7 Å². The Labute approximate surface area is 150 Å². The Morgan fingerprint density at radius 2 is 1.77 bits per heavy atom. The van der Waals surface area contributed by atoms with Gasteiger partial charge in [0.1, 0.15) is 17.8 Å². The Hall–Kier alpha value is -3.67. The van der Waals surface area contributed by atoms with Gasteiger partial charge in [-0.1, -0.05) is 30.3 Å². The van der Waals surface area contributed by atoms with Gasteiger partial charge in [0, 0.05) is 24.0 Å². The van der Waals surface area contributed by atoms with E-state index in [9.17, 15) is 4.79 Å². The monoisotopic (exact) mass is 343 g/mol. The Bertz CT molecular complexity index is 1020. The molecule has 0 bridgehead atoms. The van der Waals surface area contributed by atoms with Crippen molar-refractivity contribution in [1.29, 1.82) is 0 Å². The third kappa shape index (κ3) is 3.39. The second-order valence-corrected chi connectivity index (χ2v) is 5.83. The largest absolute Gasteiger partial charge is 0.348 e. The van der Waals surface area contributed by atoms with Gasteiger partial charge < -0.3 is 15.6 Å².